The molecule has 0 spiro atoms. The first-order valence-corrected chi connectivity index (χ1v) is 9.59. The van der Waals surface area contributed by atoms with Gasteiger partial charge < -0.3 is 0 Å². The Balaban J connectivity index is 2.38. The maximum absolute atomic E-state index is 2.40. The standard InChI is InChI=1S/C24H31N2/c1-16(2)21-14-18(5)15-22(17(3)4)23(21)26-13-12-25(7)24(26)20-11-9-8-10-19(20)6/h8-17H,1-7H3/q+1. The minimum Gasteiger partial charge on any atom is -0.232 e. The Bertz CT molecular complexity index is 900. The zero-order valence-corrected chi connectivity index (χ0v) is 17.2. The Hall–Kier alpha value is -2.35. The van der Waals surface area contributed by atoms with E-state index >= 15 is 0 Å². The Labute approximate surface area is 158 Å². The highest BCUT2D eigenvalue weighted by Crippen LogP contribution is 2.35. The molecule has 0 fully saturated rings. The maximum Gasteiger partial charge on any atom is 0.294 e. The summed E-state index contributed by atoms with van der Waals surface area (Å²) in [5.74, 6) is 2.18. The van der Waals surface area contributed by atoms with E-state index in [-0.39, 0.29) is 0 Å². The average molecular weight is 348 g/mol. The summed E-state index contributed by atoms with van der Waals surface area (Å²) in [5, 5.41) is 0. The van der Waals surface area contributed by atoms with Gasteiger partial charge in [0, 0.05) is 11.1 Å². The topological polar surface area (TPSA) is 8.81 Å². The summed E-state index contributed by atoms with van der Waals surface area (Å²) in [6.07, 6.45) is 4.38. The molecule has 0 N–H and O–H groups in total. The van der Waals surface area contributed by atoms with E-state index in [1.165, 1.54) is 39.3 Å². The molecule has 2 aromatic carbocycles. The van der Waals surface area contributed by atoms with Crippen LogP contribution in [0.2, 0.25) is 0 Å². The molecule has 0 saturated heterocycles. The fraction of sp³-hybridized carbons (Fsp3) is 0.375. The van der Waals surface area contributed by atoms with Gasteiger partial charge >= 0.3 is 0 Å². The first kappa shape index (κ1) is 18.4. The van der Waals surface area contributed by atoms with Crippen LogP contribution in [0, 0.1) is 13.8 Å². The van der Waals surface area contributed by atoms with Crippen molar-refractivity contribution < 1.29 is 4.57 Å². The summed E-state index contributed by atoms with van der Waals surface area (Å²) in [6.45, 7) is 13.6. The fourth-order valence-electron chi connectivity index (χ4n) is 3.80. The molecule has 0 aliphatic rings. The summed E-state index contributed by atoms with van der Waals surface area (Å²) < 4.78 is 4.63. The van der Waals surface area contributed by atoms with Crippen LogP contribution in [-0.2, 0) is 7.05 Å². The largest absolute Gasteiger partial charge is 0.294 e. The second-order valence-electron chi connectivity index (χ2n) is 8.02. The van der Waals surface area contributed by atoms with Crippen molar-refractivity contribution in [2.75, 3.05) is 0 Å². The zero-order valence-electron chi connectivity index (χ0n) is 17.2. The van der Waals surface area contributed by atoms with E-state index in [1.54, 1.807) is 0 Å². The van der Waals surface area contributed by atoms with Gasteiger partial charge in [-0.2, -0.15) is 4.57 Å². The summed E-state index contributed by atoms with van der Waals surface area (Å²) >= 11 is 0. The van der Waals surface area contributed by atoms with Gasteiger partial charge in [0.05, 0.1) is 12.6 Å². The van der Waals surface area contributed by atoms with Crippen molar-refractivity contribution >= 4 is 0 Å². The highest BCUT2D eigenvalue weighted by atomic mass is 15.1. The van der Waals surface area contributed by atoms with Gasteiger partial charge in [0.1, 0.15) is 18.1 Å². The lowest BCUT2D eigenvalue weighted by molar-refractivity contribution is -0.659. The smallest absolute Gasteiger partial charge is 0.232 e. The third-order valence-corrected chi connectivity index (χ3v) is 5.19. The van der Waals surface area contributed by atoms with E-state index in [1.807, 2.05) is 0 Å². The number of hydrogen-bond acceptors (Lipinski definition) is 0. The highest BCUT2D eigenvalue weighted by molar-refractivity contribution is 5.63. The SMILES string of the molecule is Cc1cc(C(C)C)c(-n2cc[n+](C)c2-c2ccccc2C)c(C(C)C)c1. The lowest BCUT2D eigenvalue weighted by atomic mass is 9.90. The number of benzene rings is 2. The van der Waals surface area contributed by atoms with E-state index in [0.29, 0.717) is 11.8 Å². The van der Waals surface area contributed by atoms with Crippen molar-refractivity contribution in [2.45, 2.75) is 53.4 Å². The normalized spacial score (nSPS) is 11.6. The molecule has 0 unspecified atom stereocenters. The van der Waals surface area contributed by atoms with Gasteiger partial charge in [0.2, 0.25) is 0 Å². The number of imidazole rings is 1. The molecule has 0 aliphatic carbocycles. The van der Waals surface area contributed by atoms with Gasteiger partial charge in [-0.25, -0.2) is 4.57 Å². The van der Waals surface area contributed by atoms with Gasteiger partial charge in [-0.05, 0) is 37.3 Å². The molecule has 1 heterocycles. The van der Waals surface area contributed by atoms with E-state index in [4.69, 9.17) is 0 Å². The van der Waals surface area contributed by atoms with E-state index < -0.39 is 0 Å². The molecule has 0 saturated carbocycles. The first-order valence-electron chi connectivity index (χ1n) is 9.59. The quantitative estimate of drug-likeness (QED) is 0.525. The van der Waals surface area contributed by atoms with Crippen LogP contribution in [0.25, 0.3) is 17.1 Å². The van der Waals surface area contributed by atoms with Crippen molar-refractivity contribution in [1.82, 2.24) is 4.57 Å². The maximum atomic E-state index is 2.40. The molecule has 0 aliphatic heterocycles. The van der Waals surface area contributed by atoms with Crippen LogP contribution in [0.15, 0.2) is 48.8 Å². The molecule has 1 aromatic heterocycles. The van der Waals surface area contributed by atoms with Crippen molar-refractivity contribution in [3.05, 3.63) is 71.0 Å². The molecule has 2 heteroatoms. The molecule has 136 valence electrons. The Morgan fingerprint density at radius 1 is 0.885 bits per heavy atom. The monoisotopic (exact) mass is 347 g/mol. The molecule has 3 rings (SSSR count). The molecular formula is C24H31N2+. The molecule has 26 heavy (non-hydrogen) atoms. The van der Waals surface area contributed by atoms with Crippen LogP contribution >= 0.6 is 0 Å². The van der Waals surface area contributed by atoms with Crippen molar-refractivity contribution in [2.24, 2.45) is 7.05 Å². The summed E-state index contributed by atoms with van der Waals surface area (Å²) in [5.41, 5.74) is 8.10. The highest BCUT2D eigenvalue weighted by Gasteiger charge is 2.26. The molecule has 2 nitrogen and oxygen atoms in total. The number of nitrogens with zero attached hydrogens (tertiary/aromatic N) is 2. The third-order valence-electron chi connectivity index (χ3n) is 5.19. The lowest BCUT2D eigenvalue weighted by Crippen LogP contribution is -2.29. The van der Waals surface area contributed by atoms with E-state index in [2.05, 4.69) is 107 Å². The van der Waals surface area contributed by atoms with Crippen LogP contribution in [0.1, 0.15) is 61.8 Å². The molecule has 3 aromatic rings. The molecule has 0 amide bonds. The van der Waals surface area contributed by atoms with E-state index in [0.717, 1.165) is 0 Å². The predicted octanol–water partition coefficient (Wildman–Crippen LogP) is 5.83. The lowest BCUT2D eigenvalue weighted by Gasteiger charge is -2.19. The molecule has 0 bridgehead atoms. The number of hydrogen-bond donors (Lipinski definition) is 0. The minimum atomic E-state index is 0.472. The second-order valence-corrected chi connectivity index (χ2v) is 8.02. The Morgan fingerprint density at radius 3 is 2.00 bits per heavy atom. The van der Waals surface area contributed by atoms with Crippen LogP contribution in [0.3, 0.4) is 0 Å². The van der Waals surface area contributed by atoms with Crippen LogP contribution < -0.4 is 4.57 Å². The average Bonchev–Trinajstić information content (AvgIpc) is 2.95. The van der Waals surface area contributed by atoms with Gasteiger partial charge in [0.25, 0.3) is 5.82 Å². The first-order chi connectivity index (χ1) is 12.3. The zero-order chi connectivity index (χ0) is 19.0. The minimum absolute atomic E-state index is 0.472. The van der Waals surface area contributed by atoms with Crippen molar-refractivity contribution in [1.29, 1.82) is 0 Å². The van der Waals surface area contributed by atoms with E-state index in [9.17, 15) is 0 Å². The molecule has 0 atom stereocenters. The van der Waals surface area contributed by atoms with Crippen molar-refractivity contribution in [3.8, 4) is 17.1 Å². The van der Waals surface area contributed by atoms with Gasteiger partial charge in [-0.15, -0.1) is 0 Å². The predicted molar refractivity (Wildman–Crippen MR) is 110 cm³/mol. The Morgan fingerprint density at radius 2 is 1.46 bits per heavy atom. The van der Waals surface area contributed by atoms with Gasteiger partial charge in [0.15, 0.2) is 0 Å². The number of aromatic nitrogens is 2. The summed E-state index contributed by atoms with van der Waals surface area (Å²) in [6, 6.07) is 13.4. The summed E-state index contributed by atoms with van der Waals surface area (Å²) in [7, 11) is 2.14. The summed E-state index contributed by atoms with van der Waals surface area (Å²) in [4.78, 5) is 0. The van der Waals surface area contributed by atoms with Crippen LogP contribution in [0.5, 0.6) is 0 Å². The van der Waals surface area contributed by atoms with Crippen molar-refractivity contribution in [3.63, 3.8) is 0 Å². The van der Waals surface area contributed by atoms with Gasteiger partial charge in [-0.3, -0.25) is 0 Å². The fourth-order valence-corrected chi connectivity index (χ4v) is 3.80. The number of rotatable bonds is 4. The van der Waals surface area contributed by atoms with Crippen LogP contribution in [-0.4, -0.2) is 4.57 Å². The Kier molecular flexibility index (Phi) is 5.04. The third kappa shape index (κ3) is 3.21. The van der Waals surface area contributed by atoms with Gasteiger partial charge in [-0.1, -0.05) is 63.6 Å². The van der Waals surface area contributed by atoms with Crippen LogP contribution in [0.4, 0.5) is 0 Å². The molecule has 0 radical (unpaired) electrons. The molecular weight excluding hydrogens is 316 g/mol. The number of aryl methyl sites for hydroxylation is 3. The second kappa shape index (κ2) is 7.11.